The number of aromatic nitrogens is 2. The molecular formula is C15H10F2N2O2. The molecule has 1 heterocycles. The van der Waals surface area contributed by atoms with Gasteiger partial charge in [0.25, 0.3) is 5.56 Å². The molecule has 0 saturated carbocycles. The van der Waals surface area contributed by atoms with Crippen molar-refractivity contribution < 1.29 is 8.78 Å². The summed E-state index contributed by atoms with van der Waals surface area (Å²) in [6.45, 7) is 1.33. The average molecular weight is 288 g/mol. The van der Waals surface area contributed by atoms with E-state index in [1.165, 1.54) is 6.92 Å². The molecule has 0 atom stereocenters. The van der Waals surface area contributed by atoms with Crippen LogP contribution in [0.5, 0.6) is 0 Å². The molecule has 0 unspecified atom stereocenters. The van der Waals surface area contributed by atoms with Gasteiger partial charge in [-0.25, -0.2) is 13.6 Å². The third-order valence-electron chi connectivity index (χ3n) is 3.33. The molecule has 0 spiro atoms. The molecule has 4 nitrogen and oxygen atoms in total. The highest BCUT2D eigenvalue weighted by Crippen LogP contribution is 2.22. The Bertz CT molecular complexity index is 959. The standard InChI is InChI=1S/C15H10F2N2O2/c1-8-12(17)11(16)7-10-13(8)19(15(21)18-14(10)20)9-5-3-2-4-6-9/h2-7H,1H3,(H,18,20,21). The maximum absolute atomic E-state index is 13.8. The average Bonchev–Trinajstić information content (AvgIpc) is 2.47. The first-order chi connectivity index (χ1) is 10.0. The number of aryl methyl sites for hydroxylation is 1. The minimum Gasteiger partial charge on any atom is -0.273 e. The summed E-state index contributed by atoms with van der Waals surface area (Å²) in [6, 6.07) is 9.24. The summed E-state index contributed by atoms with van der Waals surface area (Å²) in [5, 5.41) is -0.0742. The van der Waals surface area contributed by atoms with Crippen LogP contribution in [0.2, 0.25) is 0 Å². The second kappa shape index (κ2) is 4.66. The van der Waals surface area contributed by atoms with E-state index in [-0.39, 0.29) is 16.5 Å². The van der Waals surface area contributed by atoms with Crippen LogP contribution in [0.15, 0.2) is 46.0 Å². The van der Waals surface area contributed by atoms with Gasteiger partial charge in [0.15, 0.2) is 11.6 Å². The van der Waals surface area contributed by atoms with E-state index in [0.717, 1.165) is 10.6 Å². The van der Waals surface area contributed by atoms with Crippen LogP contribution < -0.4 is 11.2 Å². The van der Waals surface area contributed by atoms with Gasteiger partial charge in [-0.15, -0.1) is 0 Å². The van der Waals surface area contributed by atoms with E-state index in [4.69, 9.17) is 0 Å². The molecule has 2 aromatic carbocycles. The lowest BCUT2D eigenvalue weighted by molar-refractivity contribution is 0.505. The molecule has 3 aromatic rings. The fourth-order valence-electron chi connectivity index (χ4n) is 2.35. The molecule has 0 aliphatic heterocycles. The predicted molar refractivity (Wildman–Crippen MR) is 74.8 cm³/mol. The van der Waals surface area contributed by atoms with Gasteiger partial charge in [-0.2, -0.15) is 0 Å². The lowest BCUT2D eigenvalue weighted by Gasteiger charge is -2.12. The third-order valence-corrected chi connectivity index (χ3v) is 3.33. The van der Waals surface area contributed by atoms with Crippen molar-refractivity contribution in [2.45, 2.75) is 6.92 Å². The zero-order chi connectivity index (χ0) is 15.1. The molecule has 0 amide bonds. The van der Waals surface area contributed by atoms with Gasteiger partial charge in [0.2, 0.25) is 0 Å². The number of hydrogen-bond acceptors (Lipinski definition) is 2. The van der Waals surface area contributed by atoms with Gasteiger partial charge in [-0.3, -0.25) is 14.3 Å². The Morgan fingerprint density at radius 1 is 1.10 bits per heavy atom. The summed E-state index contributed by atoms with van der Waals surface area (Å²) in [6.07, 6.45) is 0. The van der Waals surface area contributed by atoms with Crippen molar-refractivity contribution in [1.29, 1.82) is 0 Å². The van der Waals surface area contributed by atoms with Gasteiger partial charge in [0, 0.05) is 5.56 Å². The van der Waals surface area contributed by atoms with E-state index >= 15 is 0 Å². The zero-order valence-corrected chi connectivity index (χ0v) is 11.0. The molecule has 0 aliphatic rings. The second-order valence-corrected chi connectivity index (χ2v) is 4.62. The number of nitrogens with zero attached hydrogens (tertiary/aromatic N) is 1. The number of H-pyrrole nitrogens is 1. The first kappa shape index (κ1) is 13.2. The number of fused-ring (bicyclic) bond motifs is 1. The van der Waals surface area contributed by atoms with Crippen LogP contribution in [0.1, 0.15) is 5.56 Å². The molecule has 0 fully saturated rings. The quantitative estimate of drug-likeness (QED) is 0.746. The van der Waals surface area contributed by atoms with Crippen LogP contribution in [-0.4, -0.2) is 9.55 Å². The summed E-state index contributed by atoms with van der Waals surface area (Å²) in [5.74, 6) is -2.19. The maximum atomic E-state index is 13.8. The Balaban J connectivity index is 2.60. The molecule has 0 aliphatic carbocycles. The van der Waals surface area contributed by atoms with Crippen molar-refractivity contribution in [1.82, 2.24) is 9.55 Å². The molecule has 0 bridgehead atoms. The minimum absolute atomic E-state index is 0.0638. The zero-order valence-electron chi connectivity index (χ0n) is 11.0. The Morgan fingerprint density at radius 2 is 1.76 bits per heavy atom. The number of para-hydroxylation sites is 1. The molecule has 3 rings (SSSR count). The van der Waals surface area contributed by atoms with Crippen LogP contribution in [0.3, 0.4) is 0 Å². The van der Waals surface area contributed by atoms with Gasteiger partial charge >= 0.3 is 5.69 Å². The first-order valence-corrected chi connectivity index (χ1v) is 6.20. The van der Waals surface area contributed by atoms with E-state index in [1.54, 1.807) is 30.3 Å². The smallest absolute Gasteiger partial charge is 0.273 e. The Kier molecular flexibility index (Phi) is 2.94. The number of halogens is 2. The fraction of sp³-hybridized carbons (Fsp3) is 0.0667. The number of rotatable bonds is 1. The van der Waals surface area contributed by atoms with Gasteiger partial charge in [0.05, 0.1) is 16.6 Å². The molecule has 6 heteroatoms. The highest BCUT2D eigenvalue weighted by Gasteiger charge is 2.17. The Hall–Kier alpha value is -2.76. The highest BCUT2D eigenvalue weighted by molar-refractivity contribution is 5.83. The number of benzene rings is 2. The molecule has 1 aromatic heterocycles. The van der Waals surface area contributed by atoms with Crippen molar-refractivity contribution in [2.75, 3.05) is 0 Å². The maximum Gasteiger partial charge on any atom is 0.333 e. The molecule has 106 valence electrons. The largest absolute Gasteiger partial charge is 0.333 e. The molecular weight excluding hydrogens is 278 g/mol. The van der Waals surface area contributed by atoms with E-state index < -0.39 is 22.9 Å². The van der Waals surface area contributed by atoms with Crippen molar-refractivity contribution in [3.63, 3.8) is 0 Å². The van der Waals surface area contributed by atoms with E-state index in [2.05, 4.69) is 4.98 Å². The number of nitrogens with one attached hydrogen (secondary N) is 1. The Morgan fingerprint density at radius 3 is 2.43 bits per heavy atom. The fourth-order valence-corrected chi connectivity index (χ4v) is 2.35. The van der Waals surface area contributed by atoms with Crippen LogP contribution in [-0.2, 0) is 0 Å². The molecule has 0 saturated heterocycles. The summed E-state index contributed by atoms with van der Waals surface area (Å²) in [5.41, 5.74) is -1.01. The second-order valence-electron chi connectivity index (χ2n) is 4.62. The van der Waals surface area contributed by atoms with Crippen LogP contribution in [0.4, 0.5) is 8.78 Å². The number of hydrogen-bond donors (Lipinski definition) is 1. The third kappa shape index (κ3) is 1.96. The van der Waals surface area contributed by atoms with Crippen molar-refractivity contribution in [3.05, 3.63) is 74.4 Å². The van der Waals surface area contributed by atoms with Gasteiger partial charge in [0.1, 0.15) is 0 Å². The summed E-state index contributed by atoms with van der Waals surface area (Å²) >= 11 is 0. The van der Waals surface area contributed by atoms with Gasteiger partial charge < -0.3 is 0 Å². The summed E-state index contributed by atoms with van der Waals surface area (Å²) in [7, 11) is 0. The van der Waals surface area contributed by atoms with Gasteiger partial charge in [-0.05, 0) is 25.1 Å². The SMILES string of the molecule is Cc1c(F)c(F)cc2c(=O)[nH]c(=O)n(-c3ccccc3)c12. The number of aromatic amines is 1. The normalized spacial score (nSPS) is 11.0. The van der Waals surface area contributed by atoms with E-state index in [0.29, 0.717) is 5.69 Å². The van der Waals surface area contributed by atoms with Gasteiger partial charge in [-0.1, -0.05) is 18.2 Å². The minimum atomic E-state index is -1.12. The molecule has 1 N–H and O–H groups in total. The monoisotopic (exact) mass is 288 g/mol. The van der Waals surface area contributed by atoms with Crippen molar-refractivity contribution >= 4 is 10.9 Å². The molecule has 0 radical (unpaired) electrons. The molecule has 21 heavy (non-hydrogen) atoms. The lowest BCUT2D eigenvalue weighted by atomic mass is 10.1. The topological polar surface area (TPSA) is 54.9 Å². The first-order valence-electron chi connectivity index (χ1n) is 6.20. The van der Waals surface area contributed by atoms with Crippen LogP contribution in [0, 0.1) is 18.6 Å². The predicted octanol–water partition coefficient (Wildman–Crippen LogP) is 2.27. The van der Waals surface area contributed by atoms with Crippen molar-refractivity contribution in [2.24, 2.45) is 0 Å². The summed E-state index contributed by atoms with van der Waals surface area (Å²) in [4.78, 5) is 26.1. The van der Waals surface area contributed by atoms with Crippen molar-refractivity contribution in [3.8, 4) is 5.69 Å². The summed E-state index contributed by atoms with van der Waals surface area (Å²) < 4.78 is 28.5. The van der Waals surface area contributed by atoms with E-state index in [9.17, 15) is 18.4 Å². The van der Waals surface area contributed by atoms with Crippen LogP contribution >= 0.6 is 0 Å². The highest BCUT2D eigenvalue weighted by atomic mass is 19.2. The van der Waals surface area contributed by atoms with E-state index in [1.807, 2.05) is 0 Å². The Labute approximate surface area is 117 Å². The lowest BCUT2D eigenvalue weighted by Crippen LogP contribution is -2.30. The van der Waals surface area contributed by atoms with Crippen LogP contribution in [0.25, 0.3) is 16.6 Å².